The Labute approximate surface area is 136 Å². The molecule has 1 saturated heterocycles. The number of guanidine groups is 1. The highest BCUT2D eigenvalue weighted by molar-refractivity contribution is 5.80. The van der Waals surface area contributed by atoms with Gasteiger partial charge in [-0.05, 0) is 38.0 Å². The Kier molecular flexibility index (Phi) is 4.20. The normalized spacial score (nSPS) is 30.5. The quantitative estimate of drug-likeness (QED) is 0.611. The predicted molar refractivity (Wildman–Crippen MR) is 85.1 cm³/mol. The minimum atomic E-state index is 0.295. The number of ether oxygens (including phenoxy) is 1. The van der Waals surface area contributed by atoms with Gasteiger partial charge in [-0.15, -0.1) is 0 Å². The van der Waals surface area contributed by atoms with Crippen molar-refractivity contribution in [2.75, 3.05) is 13.2 Å². The number of aliphatic imine (C=N–C) groups is 1. The summed E-state index contributed by atoms with van der Waals surface area (Å²) in [4.78, 5) is 9.03. The van der Waals surface area contributed by atoms with Gasteiger partial charge in [-0.25, -0.2) is 4.99 Å². The van der Waals surface area contributed by atoms with Crippen molar-refractivity contribution in [1.82, 2.24) is 20.8 Å². The van der Waals surface area contributed by atoms with Crippen LogP contribution in [0, 0.1) is 5.92 Å². The molecule has 3 aliphatic rings. The Bertz CT molecular complexity index is 563. The minimum absolute atomic E-state index is 0.295. The van der Waals surface area contributed by atoms with Crippen LogP contribution in [-0.4, -0.2) is 41.4 Å². The lowest BCUT2D eigenvalue weighted by molar-refractivity contribution is 0.113. The molecule has 126 valence electrons. The molecule has 0 spiro atoms. The maximum Gasteiger partial charge on any atom is 0.248 e. The zero-order chi connectivity index (χ0) is 15.6. The lowest BCUT2D eigenvalue weighted by Crippen LogP contribution is -2.42. The van der Waals surface area contributed by atoms with Crippen LogP contribution in [-0.2, 0) is 11.3 Å². The summed E-state index contributed by atoms with van der Waals surface area (Å²) in [5.74, 6) is 3.48. The Hall–Kier alpha value is -1.63. The number of nitrogens with zero attached hydrogens (tertiary/aromatic N) is 3. The maximum atomic E-state index is 5.66. The van der Waals surface area contributed by atoms with Crippen molar-refractivity contribution < 1.29 is 9.26 Å². The van der Waals surface area contributed by atoms with Crippen LogP contribution >= 0.6 is 0 Å². The first-order valence-corrected chi connectivity index (χ1v) is 8.77. The molecule has 0 radical (unpaired) electrons. The average Bonchev–Trinajstić information content (AvgIpc) is 3.39. The fraction of sp³-hybridized carbons (Fsp3) is 0.812. The molecule has 2 aliphatic carbocycles. The smallest absolute Gasteiger partial charge is 0.248 e. The lowest BCUT2D eigenvalue weighted by atomic mass is 10.2. The van der Waals surface area contributed by atoms with Gasteiger partial charge >= 0.3 is 0 Å². The molecule has 1 aromatic rings. The Balaban J connectivity index is 1.33. The third-order valence-electron chi connectivity index (χ3n) is 4.75. The van der Waals surface area contributed by atoms with Gasteiger partial charge in [0.15, 0.2) is 11.8 Å². The molecule has 3 atom stereocenters. The first-order chi connectivity index (χ1) is 11.3. The SMILES string of the molecule is C[C@@H]1C[C@@H]1NC(=NCc1nc(C2CC2)no1)NC[C@H]1CCCO1. The van der Waals surface area contributed by atoms with Crippen molar-refractivity contribution >= 4 is 5.96 Å². The second kappa shape index (κ2) is 6.47. The van der Waals surface area contributed by atoms with Crippen molar-refractivity contribution in [3.8, 4) is 0 Å². The van der Waals surface area contributed by atoms with E-state index in [1.54, 1.807) is 0 Å². The van der Waals surface area contributed by atoms with E-state index < -0.39 is 0 Å². The lowest BCUT2D eigenvalue weighted by Gasteiger charge is -2.15. The highest BCUT2D eigenvalue weighted by Crippen LogP contribution is 2.38. The molecule has 0 bridgehead atoms. The summed E-state index contributed by atoms with van der Waals surface area (Å²) in [5, 5.41) is 10.9. The minimum Gasteiger partial charge on any atom is -0.376 e. The Morgan fingerprint density at radius 2 is 2.22 bits per heavy atom. The fourth-order valence-electron chi connectivity index (χ4n) is 2.85. The molecule has 2 saturated carbocycles. The molecule has 0 amide bonds. The number of nitrogens with one attached hydrogen (secondary N) is 2. The van der Waals surface area contributed by atoms with E-state index in [0.717, 1.165) is 43.7 Å². The van der Waals surface area contributed by atoms with E-state index in [-0.39, 0.29) is 0 Å². The van der Waals surface area contributed by atoms with Gasteiger partial charge in [0.2, 0.25) is 5.89 Å². The Morgan fingerprint density at radius 3 is 2.91 bits per heavy atom. The van der Waals surface area contributed by atoms with Crippen LogP contribution in [0.4, 0.5) is 0 Å². The molecule has 4 rings (SSSR count). The van der Waals surface area contributed by atoms with Gasteiger partial charge in [-0.3, -0.25) is 0 Å². The van der Waals surface area contributed by atoms with E-state index in [1.165, 1.54) is 19.3 Å². The molecule has 2 heterocycles. The molecule has 0 aromatic carbocycles. The molecule has 0 unspecified atom stereocenters. The summed E-state index contributed by atoms with van der Waals surface area (Å²) in [6.07, 6.45) is 6.12. The second-order valence-electron chi connectivity index (χ2n) is 6.97. The van der Waals surface area contributed by atoms with Crippen LogP contribution in [0.2, 0.25) is 0 Å². The van der Waals surface area contributed by atoms with E-state index >= 15 is 0 Å². The van der Waals surface area contributed by atoms with Gasteiger partial charge in [0.25, 0.3) is 0 Å². The third-order valence-corrected chi connectivity index (χ3v) is 4.75. The second-order valence-corrected chi connectivity index (χ2v) is 6.97. The average molecular weight is 319 g/mol. The highest BCUT2D eigenvalue weighted by atomic mass is 16.5. The molecule has 1 aromatic heterocycles. The zero-order valence-electron chi connectivity index (χ0n) is 13.6. The van der Waals surface area contributed by atoms with Crippen LogP contribution in [0.15, 0.2) is 9.52 Å². The van der Waals surface area contributed by atoms with Crippen molar-refractivity contribution in [2.24, 2.45) is 10.9 Å². The van der Waals surface area contributed by atoms with Gasteiger partial charge < -0.3 is 19.9 Å². The highest BCUT2D eigenvalue weighted by Gasteiger charge is 2.33. The number of aromatic nitrogens is 2. The third kappa shape index (κ3) is 4.02. The topological polar surface area (TPSA) is 84.6 Å². The first-order valence-electron chi connectivity index (χ1n) is 8.77. The standard InChI is InChI=1S/C16H25N5O2/c1-10-7-13(10)19-16(17-8-12-3-2-6-22-12)18-9-14-20-15(21-23-14)11-4-5-11/h10-13H,2-9H2,1H3,(H2,17,18,19)/t10-,12-,13+/m1/s1. The van der Waals surface area contributed by atoms with Crippen molar-refractivity contribution in [2.45, 2.75) is 63.6 Å². The monoisotopic (exact) mass is 319 g/mol. The summed E-state index contributed by atoms with van der Waals surface area (Å²) in [7, 11) is 0. The summed E-state index contributed by atoms with van der Waals surface area (Å²) in [6.45, 7) is 4.33. The van der Waals surface area contributed by atoms with E-state index in [1.807, 2.05) is 0 Å². The Morgan fingerprint density at radius 1 is 1.35 bits per heavy atom. The van der Waals surface area contributed by atoms with Crippen LogP contribution < -0.4 is 10.6 Å². The molecular formula is C16H25N5O2. The molecule has 7 nitrogen and oxygen atoms in total. The van der Waals surface area contributed by atoms with Crippen molar-refractivity contribution in [3.05, 3.63) is 11.7 Å². The van der Waals surface area contributed by atoms with Gasteiger partial charge in [-0.2, -0.15) is 4.98 Å². The summed E-state index contributed by atoms with van der Waals surface area (Å²) in [6, 6.07) is 0.524. The predicted octanol–water partition coefficient (Wildman–Crippen LogP) is 1.57. The number of rotatable bonds is 6. The van der Waals surface area contributed by atoms with Crippen molar-refractivity contribution in [3.63, 3.8) is 0 Å². The number of hydrogen-bond donors (Lipinski definition) is 2. The summed E-state index contributed by atoms with van der Waals surface area (Å²) >= 11 is 0. The van der Waals surface area contributed by atoms with Crippen LogP contribution in [0.1, 0.15) is 56.7 Å². The van der Waals surface area contributed by atoms with Crippen LogP contribution in [0.3, 0.4) is 0 Å². The van der Waals surface area contributed by atoms with Crippen LogP contribution in [0.5, 0.6) is 0 Å². The summed E-state index contributed by atoms with van der Waals surface area (Å²) < 4.78 is 10.9. The van der Waals surface area contributed by atoms with Gasteiger partial charge in [-0.1, -0.05) is 12.1 Å². The molecule has 2 N–H and O–H groups in total. The number of hydrogen-bond acceptors (Lipinski definition) is 5. The van der Waals surface area contributed by atoms with Crippen molar-refractivity contribution in [1.29, 1.82) is 0 Å². The van der Waals surface area contributed by atoms with E-state index in [2.05, 4.69) is 32.7 Å². The van der Waals surface area contributed by atoms with E-state index in [0.29, 0.717) is 30.5 Å². The van der Waals surface area contributed by atoms with E-state index in [4.69, 9.17) is 9.26 Å². The fourth-order valence-corrected chi connectivity index (χ4v) is 2.85. The molecule has 7 heteroatoms. The molecule has 3 fully saturated rings. The van der Waals surface area contributed by atoms with Gasteiger partial charge in [0.05, 0.1) is 6.10 Å². The zero-order valence-corrected chi connectivity index (χ0v) is 13.6. The van der Waals surface area contributed by atoms with Crippen LogP contribution in [0.25, 0.3) is 0 Å². The van der Waals surface area contributed by atoms with Gasteiger partial charge in [0.1, 0.15) is 6.54 Å². The summed E-state index contributed by atoms with van der Waals surface area (Å²) in [5.41, 5.74) is 0. The van der Waals surface area contributed by atoms with Gasteiger partial charge in [0, 0.05) is 25.1 Å². The molecule has 1 aliphatic heterocycles. The molecular weight excluding hydrogens is 294 g/mol. The molecule has 23 heavy (non-hydrogen) atoms. The maximum absolute atomic E-state index is 5.66. The largest absolute Gasteiger partial charge is 0.376 e. The first kappa shape index (κ1) is 14.9. The van der Waals surface area contributed by atoms with E-state index in [9.17, 15) is 0 Å².